The Bertz CT molecular complexity index is 714. The fraction of sp³-hybridized carbons (Fsp3) is 0.625. The van der Waals surface area contributed by atoms with E-state index in [9.17, 15) is 0 Å². The average Bonchev–Trinajstić information content (AvgIpc) is 3.20. The van der Waals surface area contributed by atoms with Crippen LogP contribution < -0.4 is 11.5 Å². The first-order chi connectivity index (χ1) is 14.3. The Labute approximate surface area is 188 Å². The Balaban J connectivity index is 0.000000826. The first-order valence-corrected chi connectivity index (χ1v) is 11.6. The van der Waals surface area contributed by atoms with Crippen molar-refractivity contribution < 1.29 is 4.74 Å². The molecule has 1 aromatic rings. The number of hydrogen-bond donors (Lipinski definition) is 2. The van der Waals surface area contributed by atoms with E-state index in [4.69, 9.17) is 27.8 Å². The fourth-order valence-corrected chi connectivity index (χ4v) is 3.83. The van der Waals surface area contributed by atoms with Gasteiger partial charge in [0.25, 0.3) is 0 Å². The van der Waals surface area contributed by atoms with Crippen LogP contribution in [0.5, 0.6) is 0 Å². The lowest BCUT2D eigenvalue weighted by atomic mass is 9.78. The maximum absolute atomic E-state index is 6.37. The van der Waals surface area contributed by atoms with Gasteiger partial charge in [-0.25, -0.2) is 4.99 Å². The van der Waals surface area contributed by atoms with Crippen molar-refractivity contribution in [2.75, 3.05) is 26.3 Å². The molecule has 2 heterocycles. The number of ether oxygens (including phenoxy) is 1. The zero-order valence-electron chi connectivity index (χ0n) is 19.7. The van der Waals surface area contributed by atoms with Crippen molar-refractivity contribution >= 4 is 23.3 Å². The molecule has 2 saturated heterocycles. The van der Waals surface area contributed by atoms with E-state index in [-0.39, 0.29) is 0 Å². The summed E-state index contributed by atoms with van der Waals surface area (Å²) in [7, 11) is 0. The molecule has 0 aromatic heterocycles. The molecule has 6 heteroatoms. The summed E-state index contributed by atoms with van der Waals surface area (Å²) in [5.74, 6) is 0.526. The third kappa shape index (κ3) is 6.92. The quantitative estimate of drug-likeness (QED) is 0.470. The lowest BCUT2D eigenvalue weighted by Crippen LogP contribution is -2.46. The normalized spacial score (nSPS) is 18.8. The van der Waals surface area contributed by atoms with E-state index in [0.717, 1.165) is 56.7 Å². The molecule has 5 nitrogen and oxygen atoms in total. The van der Waals surface area contributed by atoms with Gasteiger partial charge < -0.3 is 21.1 Å². The molecule has 170 valence electrons. The van der Waals surface area contributed by atoms with Crippen LogP contribution >= 0.6 is 11.6 Å². The highest BCUT2D eigenvalue weighted by atomic mass is 35.5. The lowest BCUT2D eigenvalue weighted by Gasteiger charge is -2.38. The summed E-state index contributed by atoms with van der Waals surface area (Å²) in [6.07, 6.45) is 4.62. The molecule has 3 rings (SSSR count). The fourth-order valence-electron chi connectivity index (χ4n) is 3.61. The highest BCUT2D eigenvalue weighted by Crippen LogP contribution is 2.39. The number of hydrogen-bond acceptors (Lipinski definition) is 3. The van der Waals surface area contributed by atoms with Crippen LogP contribution in [0.15, 0.2) is 28.9 Å². The Morgan fingerprint density at radius 1 is 1.17 bits per heavy atom. The highest BCUT2D eigenvalue weighted by molar-refractivity contribution is 6.33. The Morgan fingerprint density at radius 2 is 1.77 bits per heavy atom. The third-order valence-corrected chi connectivity index (χ3v) is 5.99. The van der Waals surface area contributed by atoms with E-state index in [1.54, 1.807) is 0 Å². The second kappa shape index (κ2) is 12.9. The van der Waals surface area contributed by atoms with E-state index >= 15 is 0 Å². The van der Waals surface area contributed by atoms with E-state index in [0.29, 0.717) is 27.8 Å². The topological polar surface area (TPSA) is 76.9 Å². The predicted molar refractivity (Wildman–Crippen MR) is 131 cm³/mol. The van der Waals surface area contributed by atoms with Gasteiger partial charge in [0.05, 0.1) is 23.0 Å². The first-order valence-electron chi connectivity index (χ1n) is 11.2. The maximum Gasteiger partial charge on any atom is 0.196 e. The molecule has 1 spiro atoms. The molecule has 2 aliphatic rings. The van der Waals surface area contributed by atoms with Gasteiger partial charge in [-0.1, -0.05) is 63.9 Å². The van der Waals surface area contributed by atoms with Gasteiger partial charge in [-0.15, -0.1) is 0 Å². The van der Waals surface area contributed by atoms with Gasteiger partial charge in [-0.05, 0) is 44.1 Å². The van der Waals surface area contributed by atoms with E-state index in [1.165, 1.54) is 6.42 Å². The molecular formula is C24H41ClN4O. The minimum Gasteiger partial charge on any atom is -0.397 e. The minimum absolute atomic E-state index is 0.357. The Kier molecular flexibility index (Phi) is 11.3. The smallest absolute Gasteiger partial charge is 0.196 e. The highest BCUT2D eigenvalue weighted by Gasteiger charge is 2.38. The van der Waals surface area contributed by atoms with Crippen LogP contribution in [0.1, 0.15) is 71.4 Å². The monoisotopic (exact) mass is 436 g/mol. The van der Waals surface area contributed by atoms with Crippen molar-refractivity contribution in [3.63, 3.8) is 0 Å². The lowest BCUT2D eigenvalue weighted by molar-refractivity contribution is 0.105. The SMILES string of the molecule is C/C(N=C(N)N1CCC2(CCOC2)CC1)=C(/N)c1cccc(C)c1Cl.CC.CCC. The number of aryl methyl sites for hydroxylation is 1. The number of guanidine groups is 1. The van der Waals surface area contributed by atoms with Crippen molar-refractivity contribution in [2.45, 2.75) is 67.2 Å². The zero-order chi connectivity index (χ0) is 22.7. The first kappa shape index (κ1) is 26.3. The largest absolute Gasteiger partial charge is 0.397 e. The van der Waals surface area contributed by atoms with Gasteiger partial charge in [0.1, 0.15) is 0 Å². The molecule has 0 unspecified atom stereocenters. The summed E-state index contributed by atoms with van der Waals surface area (Å²) in [5, 5.41) is 0.661. The molecule has 0 aliphatic carbocycles. The van der Waals surface area contributed by atoms with Crippen LogP contribution in [0.4, 0.5) is 0 Å². The van der Waals surface area contributed by atoms with Crippen molar-refractivity contribution in [3.05, 3.63) is 40.0 Å². The van der Waals surface area contributed by atoms with Crippen molar-refractivity contribution in [2.24, 2.45) is 21.9 Å². The molecule has 4 N–H and O–H groups in total. The summed E-state index contributed by atoms with van der Waals surface area (Å²) in [4.78, 5) is 6.68. The van der Waals surface area contributed by atoms with E-state index in [1.807, 2.05) is 45.9 Å². The summed E-state index contributed by atoms with van der Waals surface area (Å²) in [5.41, 5.74) is 15.9. The van der Waals surface area contributed by atoms with E-state index < -0.39 is 0 Å². The predicted octanol–water partition coefficient (Wildman–Crippen LogP) is 5.56. The number of halogens is 1. The molecule has 2 aliphatic heterocycles. The van der Waals surface area contributed by atoms with Gasteiger partial charge >= 0.3 is 0 Å². The molecular weight excluding hydrogens is 396 g/mol. The molecule has 0 amide bonds. The summed E-state index contributed by atoms with van der Waals surface area (Å²) >= 11 is 6.37. The number of benzene rings is 1. The molecule has 1 aromatic carbocycles. The molecule has 0 bridgehead atoms. The van der Waals surface area contributed by atoms with Crippen LogP contribution in [0, 0.1) is 12.3 Å². The molecule has 0 atom stereocenters. The van der Waals surface area contributed by atoms with Crippen molar-refractivity contribution in [3.8, 4) is 0 Å². The van der Waals surface area contributed by atoms with Gasteiger partial charge in [0.2, 0.25) is 0 Å². The number of piperidine rings is 1. The van der Waals surface area contributed by atoms with Gasteiger partial charge in [0, 0.05) is 25.3 Å². The van der Waals surface area contributed by atoms with Crippen molar-refractivity contribution in [1.29, 1.82) is 0 Å². The number of likely N-dealkylation sites (tertiary alicyclic amines) is 1. The molecule has 2 fully saturated rings. The summed E-state index contributed by atoms with van der Waals surface area (Å²) < 4.78 is 5.58. The van der Waals surface area contributed by atoms with E-state index in [2.05, 4.69) is 23.7 Å². The van der Waals surface area contributed by atoms with Crippen LogP contribution in [0.3, 0.4) is 0 Å². The second-order valence-electron chi connectivity index (χ2n) is 7.90. The van der Waals surface area contributed by atoms with Crippen LogP contribution in [-0.2, 0) is 4.74 Å². The third-order valence-electron chi connectivity index (χ3n) is 5.49. The van der Waals surface area contributed by atoms with Gasteiger partial charge in [-0.3, -0.25) is 0 Å². The summed E-state index contributed by atoms with van der Waals surface area (Å²) in [6.45, 7) is 15.7. The maximum atomic E-state index is 6.37. The van der Waals surface area contributed by atoms with Crippen molar-refractivity contribution in [1.82, 2.24) is 4.90 Å². The van der Waals surface area contributed by atoms with Crippen LogP contribution in [-0.4, -0.2) is 37.2 Å². The van der Waals surface area contributed by atoms with Crippen LogP contribution in [0.25, 0.3) is 5.70 Å². The number of aliphatic imine (C=N–C) groups is 1. The number of nitrogens with two attached hydrogens (primary N) is 2. The van der Waals surface area contributed by atoms with Gasteiger partial charge in [-0.2, -0.15) is 0 Å². The molecule has 0 saturated carbocycles. The number of rotatable bonds is 2. The molecule has 30 heavy (non-hydrogen) atoms. The Hall–Kier alpha value is -1.72. The minimum atomic E-state index is 0.357. The number of nitrogens with zero attached hydrogens (tertiary/aromatic N) is 2. The Morgan fingerprint density at radius 3 is 2.30 bits per heavy atom. The number of allylic oxidation sites excluding steroid dienone is 1. The van der Waals surface area contributed by atoms with Crippen LogP contribution in [0.2, 0.25) is 5.02 Å². The summed E-state index contributed by atoms with van der Waals surface area (Å²) in [6, 6.07) is 5.81. The standard InChI is InChI=1S/C19H27ClN4O.C3H8.C2H6/c1-13-4-3-5-15(16(13)20)17(21)14(2)23-18(22)24-9-6-19(7-10-24)8-11-25-12-19;1-3-2;1-2/h3-5H,6-12,21H2,1-2H3,(H2,22,23);3H2,1-2H3;1-2H3/b17-14-;;. The molecule has 0 radical (unpaired) electrons. The zero-order valence-corrected chi connectivity index (χ0v) is 20.5. The average molecular weight is 437 g/mol. The second-order valence-corrected chi connectivity index (χ2v) is 8.28. The van der Waals surface area contributed by atoms with Gasteiger partial charge in [0.15, 0.2) is 5.96 Å².